The van der Waals surface area contributed by atoms with Gasteiger partial charge in [0.1, 0.15) is 11.5 Å². The highest BCUT2D eigenvalue weighted by molar-refractivity contribution is 5.96. The van der Waals surface area contributed by atoms with Crippen LogP contribution in [0.1, 0.15) is 41.7 Å². The minimum Gasteiger partial charge on any atom is -0.391 e. The first-order valence-corrected chi connectivity index (χ1v) is 12.0. The molecule has 2 fully saturated rings. The number of hydrogen-bond acceptors (Lipinski definition) is 6. The smallest absolute Gasteiger partial charge is 0.270 e. The SMILES string of the molecule is Cn1cc(N2CCN(Cc3cc(C(=O)N[C@H]4CCCC[C@@H]4O)nc4cccc(F)c34)CC2)cn1. The third-order valence-electron chi connectivity index (χ3n) is 6.97. The highest BCUT2D eigenvalue weighted by Gasteiger charge is 2.26. The molecule has 8 nitrogen and oxygen atoms in total. The van der Waals surface area contributed by atoms with E-state index in [1.807, 2.05) is 19.4 Å². The lowest BCUT2D eigenvalue weighted by atomic mass is 9.92. The average molecular weight is 467 g/mol. The van der Waals surface area contributed by atoms with Crippen LogP contribution in [0.15, 0.2) is 36.7 Å². The standard InChI is InChI=1S/C25H31FN6O2/c1-30-16-18(14-27-30)32-11-9-31(10-12-32)15-17-13-22(28-21-7-4-5-19(26)24(17)21)25(34)29-20-6-2-3-8-23(20)33/h4-5,7,13-14,16,20,23,33H,2-3,6,8-12,15H2,1H3,(H,29,34)/t20-,23-/m0/s1. The maximum absolute atomic E-state index is 14.8. The van der Waals surface area contributed by atoms with E-state index in [-0.39, 0.29) is 23.5 Å². The van der Waals surface area contributed by atoms with Gasteiger partial charge >= 0.3 is 0 Å². The summed E-state index contributed by atoms with van der Waals surface area (Å²) in [6.07, 6.45) is 6.74. The summed E-state index contributed by atoms with van der Waals surface area (Å²) in [6, 6.07) is 6.24. The molecule has 34 heavy (non-hydrogen) atoms. The van der Waals surface area contributed by atoms with E-state index >= 15 is 0 Å². The number of halogens is 1. The van der Waals surface area contributed by atoms with Crippen LogP contribution in [0.4, 0.5) is 10.1 Å². The van der Waals surface area contributed by atoms with Gasteiger partial charge in [0.25, 0.3) is 5.91 Å². The van der Waals surface area contributed by atoms with E-state index < -0.39 is 6.10 Å². The number of aliphatic hydroxyl groups is 1. The molecule has 2 N–H and O–H groups in total. The Labute approximate surface area is 198 Å². The van der Waals surface area contributed by atoms with E-state index in [4.69, 9.17) is 0 Å². The lowest BCUT2D eigenvalue weighted by Crippen LogP contribution is -2.46. The number of amides is 1. The number of aliphatic hydroxyl groups excluding tert-OH is 1. The second-order valence-corrected chi connectivity index (χ2v) is 9.37. The monoisotopic (exact) mass is 466 g/mol. The molecule has 1 amide bonds. The van der Waals surface area contributed by atoms with Gasteiger partial charge in [-0.25, -0.2) is 9.37 Å². The van der Waals surface area contributed by atoms with Gasteiger partial charge in [0, 0.05) is 51.4 Å². The van der Waals surface area contributed by atoms with E-state index in [2.05, 4.69) is 25.2 Å². The van der Waals surface area contributed by atoms with Crippen molar-refractivity contribution >= 4 is 22.5 Å². The number of carbonyl (C=O) groups is 1. The predicted molar refractivity (Wildman–Crippen MR) is 128 cm³/mol. The molecule has 2 aliphatic rings. The summed E-state index contributed by atoms with van der Waals surface area (Å²) in [6.45, 7) is 3.88. The second-order valence-electron chi connectivity index (χ2n) is 9.37. The fourth-order valence-corrected chi connectivity index (χ4v) is 5.06. The zero-order valence-electron chi connectivity index (χ0n) is 19.5. The molecule has 0 radical (unpaired) electrons. The number of carbonyl (C=O) groups excluding carboxylic acids is 1. The number of benzene rings is 1. The van der Waals surface area contributed by atoms with Crippen LogP contribution >= 0.6 is 0 Å². The first kappa shape index (κ1) is 22.7. The van der Waals surface area contributed by atoms with Crippen molar-refractivity contribution in [3.05, 3.63) is 53.7 Å². The van der Waals surface area contributed by atoms with E-state index in [0.717, 1.165) is 56.7 Å². The second kappa shape index (κ2) is 9.68. The highest BCUT2D eigenvalue weighted by atomic mass is 19.1. The van der Waals surface area contributed by atoms with Crippen LogP contribution < -0.4 is 10.2 Å². The molecule has 1 aliphatic heterocycles. The number of pyridine rings is 1. The van der Waals surface area contributed by atoms with Crippen LogP contribution in [-0.2, 0) is 13.6 Å². The van der Waals surface area contributed by atoms with Crippen LogP contribution in [0.25, 0.3) is 10.9 Å². The van der Waals surface area contributed by atoms with Crippen molar-refractivity contribution in [2.75, 3.05) is 31.1 Å². The van der Waals surface area contributed by atoms with Gasteiger partial charge in [-0.3, -0.25) is 14.4 Å². The molecule has 2 aromatic heterocycles. The van der Waals surface area contributed by atoms with Gasteiger partial charge in [-0.15, -0.1) is 0 Å². The molecule has 1 aromatic carbocycles. The molecule has 2 atom stereocenters. The minimum absolute atomic E-state index is 0.264. The molecule has 9 heteroatoms. The first-order chi connectivity index (χ1) is 16.5. The maximum Gasteiger partial charge on any atom is 0.270 e. The normalized spacial score (nSPS) is 21.7. The molecule has 5 rings (SSSR count). The number of hydrogen-bond donors (Lipinski definition) is 2. The highest BCUT2D eigenvalue weighted by Crippen LogP contribution is 2.25. The summed E-state index contributed by atoms with van der Waals surface area (Å²) in [5.74, 6) is -0.650. The predicted octanol–water partition coefficient (Wildman–Crippen LogP) is 2.46. The number of aromatic nitrogens is 3. The largest absolute Gasteiger partial charge is 0.391 e. The number of anilines is 1. The number of nitrogens with one attached hydrogen (secondary N) is 1. The summed E-state index contributed by atoms with van der Waals surface area (Å²) in [5.41, 5.74) is 2.60. The third-order valence-corrected chi connectivity index (χ3v) is 6.97. The van der Waals surface area contributed by atoms with Gasteiger partial charge in [0.15, 0.2) is 0 Å². The Balaban J connectivity index is 1.35. The topological polar surface area (TPSA) is 86.5 Å². The number of piperazine rings is 1. The van der Waals surface area contributed by atoms with Gasteiger partial charge in [-0.2, -0.15) is 5.10 Å². The lowest BCUT2D eigenvalue weighted by molar-refractivity contribution is 0.0714. The molecule has 180 valence electrons. The first-order valence-electron chi connectivity index (χ1n) is 12.0. The Morgan fingerprint density at radius 2 is 2.00 bits per heavy atom. The average Bonchev–Trinajstić information content (AvgIpc) is 3.27. The Hall–Kier alpha value is -3.04. The molecule has 0 spiro atoms. The molecule has 3 aromatic rings. The lowest BCUT2D eigenvalue weighted by Gasteiger charge is -2.35. The maximum atomic E-state index is 14.8. The van der Waals surface area contributed by atoms with Crippen molar-refractivity contribution in [2.45, 2.75) is 44.4 Å². The summed E-state index contributed by atoms with van der Waals surface area (Å²) in [7, 11) is 1.91. The fourth-order valence-electron chi connectivity index (χ4n) is 5.06. The van der Waals surface area contributed by atoms with Crippen molar-refractivity contribution in [1.82, 2.24) is 25.0 Å². The van der Waals surface area contributed by atoms with Crippen molar-refractivity contribution in [3.8, 4) is 0 Å². The van der Waals surface area contributed by atoms with Crippen molar-refractivity contribution < 1.29 is 14.3 Å². The number of nitrogens with zero attached hydrogens (tertiary/aromatic N) is 5. The van der Waals surface area contributed by atoms with Crippen LogP contribution in [0, 0.1) is 5.82 Å². The van der Waals surface area contributed by atoms with Crippen LogP contribution in [0.2, 0.25) is 0 Å². The van der Waals surface area contributed by atoms with Crippen molar-refractivity contribution in [3.63, 3.8) is 0 Å². The molecular formula is C25H31FN6O2. The van der Waals surface area contributed by atoms with Crippen LogP contribution in [-0.4, -0.2) is 69.0 Å². The van der Waals surface area contributed by atoms with Gasteiger partial charge < -0.3 is 15.3 Å². The summed E-state index contributed by atoms with van der Waals surface area (Å²) in [5, 5.41) is 17.9. The molecule has 3 heterocycles. The van der Waals surface area contributed by atoms with Crippen molar-refractivity contribution in [2.24, 2.45) is 7.05 Å². The zero-order chi connectivity index (χ0) is 23.7. The fraction of sp³-hybridized carbons (Fsp3) is 0.480. The van der Waals surface area contributed by atoms with Crippen LogP contribution in [0.3, 0.4) is 0 Å². The van der Waals surface area contributed by atoms with Gasteiger partial charge in [-0.1, -0.05) is 18.9 Å². The third kappa shape index (κ3) is 4.76. The summed E-state index contributed by atoms with van der Waals surface area (Å²) in [4.78, 5) is 22.1. The van der Waals surface area contributed by atoms with E-state index in [1.165, 1.54) is 6.07 Å². The van der Waals surface area contributed by atoms with E-state index in [9.17, 15) is 14.3 Å². The van der Waals surface area contributed by atoms with Gasteiger partial charge in [0.05, 0.1) is 29.5 Å². The molecular weight excluding hydrogens is 435 g/mol. The van der Waals surface area contributed by atoms with Gasteiger partial charge in [-0.05, 0) is 36.6 Å². The van der Waals surface area contributed by atoms with Gasteiger partial charge in [0.2, 0.25) is 0 Å². The molecule has 1 saturated carbocycles. The Kier molecular flexibility index (Phi) is 6.47. The van der Waals surface area contributed by atoms with E-state index in [1.54, 1.807) is 22.9 Å². The van der Waals surface area contributed by atoms with Crippen LogP contribution in [0.5, 0.6) is 0 Å². The molecule has 0 bridgehead atoms. The van der Waals surface area contributed by atoms with Crippen molar-refractivity contribution in [1.29, 1.82) is 0 Å². The Morgan fingerprint density at radius 1 is 1.21 bits per heavy atom. The summed E-state index contributed by atoms with van der Waals surface area (Å²) >= 11 is 0. The summed E-state index contributed by atoms with van der Waals surface area (Å²) < 4.78 is 16.6. The number of fused-ring (bicyclic) bond motifs is 1. The number of aryl methyl sites for hydroxylation is 1. The van der Waals surface area contributed by atoms with E-state index in [0.29, 0.717) is 23.9 Å². The number of rotatable bonds is 5. The Morgan fingerprint density at radius 3 is 2.74 bits per heavy atom. The molecule has 1 saturated heterocycles. The minimum atomic E-state index is -0.536. The molecule has 1 aliphatic carbocycles. The molecule has 0 unspecified atom stereocenters. The zero-order valence-corrected chi connectivity index (χ0v) is 19.5. The quantitative estimate of drug-likeness (QED) is 0.601. The Bertz CT molecular complexity index is 1170.